The minimum Gasteiger partial charge on any atom is -0.238 e. The summed E-state index contributed by atoms with van der Waals surface area (Å²) in [5.74, 6) is 0. The Morgan fingerprint density at radius 3 is 2.48 bits per heavy atom. The van der Waals surface area contributed by atoms with Gasteiger partial charge in [0.25, 0.3) is 0 Å². The van der Waals surface area contributed by atoms with Crippen LogP contribution in [0.2, 0.25) is 0 Å². The van der Waals surface area contributed by atoms with E-state index in [0.717, 1.165) is 4.70 Å². The number of pyridine rings is 1. The predicted molar refractivity (Wildman–Crippen MR) is 122 cm³/mol. The van der Waals surface area contributed by atoms with Gasteiger partial charge in [-0.3, -0.25) is 0 Å². The summed E-state index contributed by atoms with van der Waals surface area (Å²) < 4.78 is 4.62. The number of fused-ring (bicyclic) bond motifs is 3. The first-order valence-electron chi connectivity index (χ1n) is 9.55. The summed E-state index contributed by atoms with van der Waals surface area (Å²) in [6, 6.07) is 25.3. The first-order chi connectivity index (χ1) is 14.2. The second kappa shape index (κ2) is 6.84. The Morgan fingerprint density at radius 2 is 1.72 bits per heavy atom. The molecule has 0 amide bonds. The lowest BCUT2D eigenvalue weighted by Crippen LogP contribution is -2.30. The maximum atomic E-state index is 7.40. The number of hydrogen-bond acceptors (Lipinski definition) is 1. The summed E-state index contributed by atoms with van der Waals surface area (Å²) in [4.78, 5) is 3.64. The summed E-state index contributed by atoms with van der Waals surface area (Å²) in [7, 11) is 2.09. The molecule has 0 radical (unpaired) electrons. The van der Waals surface area contributed by atoms with Crippen LogP contribution in [0.1, 0.15) is 5.56 Å². The van der Waals surface area contributed by atoms with Gasteiger partial charge in [-0.2, -0.15) is 0 Å². The van der Waals surface area contributed by atoms with Gasteiger partial charge in [-0.05, 0) is 47.2 Å². The molecule has 138 valence electrons. The summed E-state index contributed by atoms with van der Waals surface area (Å²) in [6.45, 7) is 9.59. The molecule has 0 bridgehead atoms. The molecule has 0 aliphatic carbocycles. The Balaban J connectivity index is 1.97. The fraction of sp³-hybridized carbons (Fsp3) is 0.0769. The quantitative estimate of drug-likeness (QED) is 0.225. The van der Waals surface area contributed by atoms with Crippen LogP contribution in [0.25, 0.3) is 47.4 Å². The lowest BCUT2D eigenvalue weighted by Gasteiger charge is -2.11. The highest BCUT2D eigenvalue weighted by atomic mass is 32.1. The molecule has 0 unspecified atom stereocenters. The number of aryl methyl sites for hydroxylation is 2. The van der Waals surface area contributed by atoms with Gasteiger partial charge in [-0.15, -0.1) is 11.3 Å². The molecule has 0 aliphatic rings. The lowest BCUT2D eigenvalue weighted by atomic mass is 9.93. The molecule has 0 aliphatic heterocycles. The smallest absolute Gasteiger partial charge is 0.213 e. The van der Waals surface area contributed by atoms with Crippen molar-refractivity contribution in [1.29, 1.82) is 0 Å². The summed E-state index contributed by atoms with van der Waals surface area (Å²) in [5.41, 5.74) is 6.89. The third-order valence-electron chi connectivity index (χ3n) is 5.45. The van der Waals surface area contributed by atoms with Crippen LogP contribution in [0, 0.1) is 13.5 Å². The van der Waals surface area contributed by atoms with Gasteiger partial charge in [0.1, 0.15) is 7.05 Å². The maximum absolute atomic E-state index is 7.40. The molecular weight excluding hydrogens is 372 g/mol. The largest absolute Gasteiger partial charge is 0.238 e. The zero-order valence-electron chi connectivity index (χ0n) is 16.3. The van der Waals surface area contributed by atoms with Crippen molar-refractivity contribution in [3.63, 3.8) is 0 Å². The summed E-state index contributed by atoms with van der Waals surface area (Å²) in [5, 5.41) is 2.49. The van der Waals surface area contributed by atoms with E-state index in [1.807, 2.05) is 12.1 Å². The van der Waals surface area contributed by atoms with E-state index in [0.29, 0.717) is 5.69 Å². The van der Waals surface area contributed by atoms with Gasteiger partial charge < -0.3 is 0 Å². The Morgan fingerprint density at radius 1 is 0.931 bits per heavy atom. The highest BCUT2D eigenvalue weighted by Gasteiger charge is 2.22. The molecule has 0 atom stereocenters. The Kier molecular flexibility index (Phi) is 4.16. The number of nitrogens with zero attached hydrogens (tertiary/aromatic N) is 2. The van der Waals surface area contributed by atoms with E-state index in [1.54, 1.807) is 11.3 Å². The molecule has 5 aromatic rings. The van der Waals surface area contributed by atoms with E-state index < -0.39 is 0 Å². The molecule has 0 N–H and O–H groups in total. The zero-order valence-corrected chi connectivity index (χ0v) is 17.1. The molecule has 0 saturated heterocycles. The molecule has 2 heterocycles. The van der Waals surface area contributed by atoms with Crippen LogP contribution in [0.15, 0.2) is 79.0 Å². The average Bonchev–Trinajstić information content (AvgIpc) is 3.13. The lowest BCUT2D eigenvalue weighted by molar-refractivity contribution is -0.660. The third kappa shape index (κ3) is 2.81. The molecule has 5 rings (SSSR count). The molecule has 2 nitrogen and oxygen atoms in total. The molecule has 0 saturated carbocycles. The van der Waals surface area contributed by atoms with Crippen LogP contribution >= 0.6 is 11.3 Å². The Hall–Kier alpha value is -3.48. The highest BCUT2D eigenvalue weighted by Crippen LogP contribution is 2.46. The fourth-order valence-corrected chi connectivity index (χ4v) is 5.45. The van der Waals surface area contributed by atoms with E-state index in [4.69, 9.17) is 6.57 Å². The second-order valence-electron chi connectivity index (χ2n) is 7.28. The van der Waals surface area contributed by atoms with Gasteiger partial charge in [0, 0.05) is 22.2 Å². The normalized spacial score (nSPS) is 11.1. The van der Waals surface area contributed by atoms with Crippen LogP contribution in [-0.4, -0.2) is 0 Å². The first-order valence-corrected chi connectivity index (χ1v) is 10.4. The van der Waals surface area contributed by atoms with Crippen molar-refractivity contribution in [2.45, 2.75) is 6.92 Å². The molecule has 0 spiro atoms. The number of rotatable bonds is 2. The van der Waals surface area contributed by atoms with Crippen molar-refractivity contribution >= 4 is 37.2 Å². The molecule has 2 aromatic heterocycles. The molecule has 3 aromatic carbocycles. The van der Waals surface area contributed by atoms with Gasteiger partial charge in [0.05, 0.1) is 16.8 Å². The summed E-state index contributed by atoms with van der Waals surface area (Å²) in [6.07, 6.45) is 2.09. The zero-order chi connectivity index (χ0) is 20.0. The number of aromatic nitrogens is 1. The van der Waals surface area contributed by atoms with Gasteiger partial charge in [-0.25, -0.2) is 9.41 Å². The van der Waals surface area contributed by atoms with E-state index in [2.05, 4.69) is 90.2 Å². The van der Waals surface area contributed by atoms with Crippen LogP contribution in [0.3, 0.4) is 0 Å². The van der Waals surface area contributed by atoms with E-state index >= 15 is 0 Å². The van der Waals surface area contributed by atoms with Crippen molar-refractivity contribution in [2.24, 2.45) is 7.05 Å². The molecule has 29 heavy (non-hydrogen) atoms. The van der Waals surface area contributed by atoms with E-state index in [9.17, 15) is 0 Å². The van der Waals surface area contributed by atoms with Gasteiger partial charge in [-0.1, -0.05) is 42.5 Å². The monoisotopic (exact) mass is 391 g/mol. The van der Waals surface area contributed by atoms with Crippen LogP contribution < -0.4 is 4.57 Å². The summed E-state index contributed by atoms with van der Waals surface area (Å²) >= 11 is 1.79. The number of hydrogen-bond donors (Lipinski definition) is 0. The van der Waals surface area contributed by atoms with Crippen LogP contribution in [0.4, 0.5) is 5.69 Å². The van der Waals surface area contributed by atoms with Crippen molar-refractivity contribution < 1.29 is 4.57 Å². The first kappa shape index (κ1) is 17.6. The minimum atomic E-state index is 0.689. The standard InChI is InChI=1S/C26H19N2S/c1-17-15-21(18-9-5-4-6-10-18)25-20-13-12-19(27-2)16-23(20)29-26(25)24(17)22-11-7-8-14-28(22)3/h4-16H,1,3H3/q+1. The number of thiophene rings is 1. The van der Waals surface area contributed by atoms with Crippen molar-refractivity contribution in [3.05, 3.63) is 96.0 Å². The van der Waals surface area contributed by atoms with E-state index in [1.165, 1.54) is 43.4 Å². The van der Waals surface area contributed by atoms with Crippen molar-refractivity contribution in [2.75, 3.05) is 0 Å². The Bertz CT molecular complexity index is 1420. The van der Waals surface area contributed by atoms with Gasteiger partial charge >= 0.3 is 0 Å². The topological polar surface area (TPSA) is 8.24 Å². The molecule has 0 fully saturated rings. The fourth-order valence-electron chi connectivity index (χ4n) is 4.08. The van der Waals surface area contributed by atoms with Crippen LogP contribution in [0.5, 0.6) is 0 Å². The van der Waals surface area contributed by atoms with Crippen molar-refractivity contribution in [3.8, 4) is 22.4 Å². The average molecular weight is 392 g/mol. The van der Waals surface area contributed by atoms with Crippen LogP contribution in [-0.2, 0) is 7.05 Å². The molecular formula is C26H19N2S+. The second-order valence-corrected chi connectivity index (χ2v) is 8.33. The maximum Gasteiger partial charge on any atom is 0.213 e. The number of benzene rings is 3. The molecule has 3 heteroatoms. The SMILES string of the molecule is [C-]#[N+]c1ccc2c(c1)sc1c(-c3cccc[n+]3C)c(C)cc(-c3ccccc3)c12. The highest BCUT2D eigenvalue weighted by molar-refractivity contribution is 7.26. The Labute approximate surface area is 174 Å². The minimum absolute atomic E-state index is 0.689. The predicted octanol–water partition coefficient (Wildman–Crippen LogP) is 7.07. The van der Waals surface area contributed by atoms with Gasteiger partial charge in [0.2, 0.25) is 5.69 Å². The van der Waals surface area contributed by atoms with Crippen molar-refractivity contribution in [1.82, 2.24) is 0 Å². The third-order valence-corrected chi connectivity index (χ3v) is 6.62. The van der Waals surface area contributed by atoms with E-state index in [-0.39, 0.29) is 0 Å². The van der Waals surface area contributed by atoms with Gasteiger partial charge in [0.15, 0.2) is 11.9 Å².